The van der Waals surface area contributed by atoms with Gasteiger partial charge in [0.25, 0.3) is 5.91 Å². The average Bonchev–Trinajstić information content (AvgIpc) is 3.50. The number of hydrogen-bond donors (Lipinski definition) is 0. The van der Waals surface area contributed by atoms with Crippen LogP contribution in [0.3, 0.4) is 0 Å². The van der Waals surface area contributed by atoms with Crippen LogP contribution in [0.2, 0.25) is 0 Å². The van der Waals surface area contributed by atoms with E-state index >= 15 is 0 Å². The third-order valence-electron chi connectivity index (χ3n) is 6.15. The molecule has 2 aromatic carbocycles. The van der Waals surface area contributed by atoms with Gasteiger partial charge in [0.15, 0.2) is 0 Å². The molecule has 0 radical (unpaired) electrons. The van der Waals surface area contributed by atoms with Crippen LogP contribution >= 0.6 is 0 Å². The molecule has 4 rings (SSSR count). The minimum atomic E-state index is 0.0442. The molecule has 31 heavy (non-hydrogen) atoms. The number of rotatable bonds is 8. The third-order valence-corrected chi connectivity index (χ3v) is 6.15. The van der Waals surface area contributed by atoms with Crippen LogP contribution in [0.15, 0.2) is 54.6 Å². The molecule has 0 bridgehead atoms. The zero-order valence-electron chi connectivity index (χ0n) is 18.3. The average molecular weight is 421 g/mol. The van der Waals surface area contributed by atoms with Gasteiger partial charge in [0, 0.05) is 30.8 Å². The molecule has 164 valence electrons. The number of nitrogens with zero attached hydrogens (tertiary/aromatic N) is 2. The topological polar surface area (TPSA) is 42.0 Å². The first-order chi connectivity index (χ1) is 15.2. The summed E-state index contributed by atoms with van der Waals surface area (Å²) in [7, 11) is 1.65. The highest BCUT2D eigenvalue weighted by Gasteiger charge is 2.29. The van der Waals surface area contributed by atoms with Crippen LogP contribution in [-0.4, -0.2) is 68.3 Å². The molecular formula is C26H32N2O3. The summed E-state index contributed by atoms with van der Waals surface area (Å²) >= 11 is 0. The molecule has 1 unspecified atom stereocenters. The Morgan fingerprint density at radius 1 is 1.03 bits per heavy atom. The Morgan fingerprint density at radius 3 is 2.55 bits per heavy atom. The second kappa shape index (κ2) is 10.6. The van der Waals surface area contributed by atoms with Gasteiger partial charge in [0.1, 0.15) is 5.75 Å². The molecule has 2 heterocycles. The Labute approximate surface area is 185 Å². The van der Waals surface area contributed by atoms with Crippen LogP contribution < -0.4 is 4.74 Å². The summed E-state index contributed by atoms with van der Waals surface area (Å²) in [5.74, 6) is 0.802. The van der Waals surface area contributed by atoms with E-state index in [1.807, 2.05) is 65.6 Å². The summed E-state index contributed by atoms with van der Waals surface area (Å²) in [5, 5.41) is 0. The highest BCUT2D eigenvalue weighted by molar-refractivity contribution is 6.24. The Hall–Kier alpha value is -2.63. The monoisotopic (exact) mass is 420 g/mol. The number of benzene rings is 2. The predicted octanol–water partition coefficient (Wildman–Crippen LogP) is 3.95. The molecule has 0 aromatic heterocycles. The number of amides is 1. The van der Waals surface area contributed by atoms with Crippen molar-refractivity contribution in [2.24, 2.45) is 0 Å². The maximum atomic E-state index is 13.5. The number of hydrogen-bond acceptors (Lipinski definition) is 4. The van der Waals surface area contributed by atoms with Gasteiger partial charge in [-0.25, -0.2) is 0 Å². The number of methoxy groups -OCH3 is 1. The molecule has 2 aliphatic rings. The number of likely N-dealkylation sites (tertiary alicyclic amines) is 2. The summed E-state index contributed by atoms with van der Waals surface area (Å²) < 4.78 is 11.6. The number of ether oxygens (including phenoxy) is 2. The van der Waals surface area contributed by atoms with E-state index in [9.17, 15) is 4.79 Å². The molecule has 0 saturated carbocycles. The Kier molecular flexibility index (Phi) is 7.39. The maximum Gasteiger partial charge on any atom is 0.254 e. The van der Waals surface area contributed by atoms with Gasteiger partial charge in [-0.1, -0.05) is 48.5 Å². The predicted molar refractivity (Wildman–Crippen MR) is 124 cm³/mol. The van der Waals surface area contributed by atoms with Crippen LogP contribution in [-0.2, 0) is 9.53 Å². The van der Waals surface area contributed by atoms with Crippen LogP contribution in [0, 0.1) is 0 Å². The van der Waals surface area contributed by atoms with Gasteiger partial charge < -0.3 is 19.3 Å². The van der Waals surface area contributed by atoms with Gasteiger partial charge in [-0.15, -0.1) is 0 Å². The van der Waals surface area contributed by atoms with E-state index in [0.29, 0.717) is 12.1 Å². The lowest BCUT2D eigenvalue weighted by atomic mass is 10.0. The molecule has 1 amide bonds. The van der Waals surface area contributed by atoms with Crippen molar-refractivity contribution in [2.45, 2.75) is 25.4 Å². The molecule has 2 aliphatic heterocycles. The van der Waals surface area contributed by atoms with Gasteiger partial charge in [-0.05, 0) is 50.1 Å². The molecule has 0 spiro atoms. The molecule has 1 atom stereocenters. The van der Waals surface area contributed by atoms with E-state index in [2.05, 4.69) is 4.90 Å². The van der Waals surface area contributed by atoms with Crippen molar-refractivity contribution in [3.05, 3.63) is 65.7 Å². The highest BCUT2D eigenvalue weighted by atomic mass is 16.5. The SMILES string of the molecule is COc1ccccc1/C=C(/C(=O)N1CCC(OCCN2CCCC2)C1)c1ccccc1. The van der Waals surface area contributed by atoms with Crippen molar-refractivity contribution in [3.8, 4) is 5.75 Å². The summed E-state index contributed by atoms with van der Waals surface area (Å²) in [4.78, 5) is 17.9. The van der Waals surface area contributed by atoms with Gasteiger partial charge >= 0.3 is 0 Å². The molecule has 5 nitrogen and oxygen atoms in total. The van der Waals surface area contributed by atoms with Gasteiger partial charge in [-0.2, -0.15) is 0 Å². The van der Waals surface area contributed by atoms with Crippen molar-refractivity contribution in [1.82, 2.24) is 9.80 Å². The fourth-order valence-corrected chi connectivity index (χ4v) is 4.40. The Bertz CT molecular complexity index is 891. The molecule has 0 N–H and O–H groups in total. The normalized spacial score (nSPS) is 19.7. The van der Waals surface area contributed by atoms with Crippen molar-refractivity contribution < 1.29 is 14.3 Å². The fraction of sp³-hybridized carbons (Fsp3) is 0.423. The molecule has 0 aliphatic carbocycles. The minimum absolute atomic E-state index is 0.0442. The maximum absolute atomic E-state index is 13.5. The second-order valence-electron chi connectivity index (χ2n) is 8.25. The van der Waals surface area contributed by atoms with E-state index < -0.39 is 0 Å². The van der Waals surface area contributed by atoms with Gasteiger partial charge in [0.05, 0.1) is 19.8 Å². The molecule has 2 saturated heterocycles. The lowest BCUT2D eigenvalue weighted by molar-refractivity contribution is -0.124. The first kappa shape index (κ1) is 21.6. The van der Waals surface area contributed by atoms with Crippen molar-refractivity contribution >= 4 is 17.6 Å². The standard InChI is InChI=1S/C26H32N2O3/c1-30-25-12-6-5-11-22(25)19-24(21-9-3-2-4-10-21)26(29)28-16-13-23(20-28)31-18-17-27-14-7-8-15-27/h2-6,9-12,19,23H,7-8,13-18,20H2,1H3/b24-19+. The fourth-order valence-electron chi connectivity index (χ4n) is 4.40. The first-order valence-electron chi connectivity index (χ1n) is 11.3. The first-order valence-corrected chi connectivity index (χ1v) is 11.3. The Morgan fingerprint density at radius 2 is 1.77 bits per heavy atom. The van der Waals surface area contributed by atoms with E-state index in [1.165, 1.54) is 25.9 Å². The smallest absolute Gasteiger partial charge is 0.254 e. The van der Waals surface area contributed by atoms with Crippen LogP contribution in [0.5, 0.6) is 5.75 Å². The summed E-state index contributed by atoms with van der Waals surface area (Å²) in [6.45, 7) is 5.49. The molecule has 5 heteroatoms. The van der Waals surface area contributed by atoms with Crippen molar-refractivity contribution in [2.75, 3.05) is 46.4 Å². The summed E-state index contributed by atoms with van der Waals surface area (Å²) in [5.41, 5.74) is 2.49. The van der Waals surface area contributed by atoms with Crippen LogP contribution in [0.1, 0.15) is 30.4 Å². The van der Waals surface area contributed by atoms with Crippen molar-refractivity contribution in [3.63, 3.8) is 0 Å². The van der Waals surface area contributed by atoms with Crippen LogP contribution in [0.25, 0.3) is 11.6 Å². The summed E-state index contributed by atoms with van der Waals surface area (Å²) in [6, 6.07) is 17.7. The zero-order chi connectivity index (χ0) is 21.5. The van der Waals surface area contributed by atoms with E-state index in [-0.39, 0.29) is 12.0 Å². The van der Waals surface area contributed by atoms with E-state index in [0.717, 1.165) is 43.0 Å². The number of carbonyl (C=O) groups excluding carboxylic acids is 1. The lowest BCUT2D eigenvalue weighted by Gasteiger charge is -2.20. The summed E-state index contributed by atoms with van der Waals surface area (Å²) in [6.07, 6.45) is 5.55. The number of carbonyl (C=O) groups is 1. The highest BCUT2D eigenvalue weighted by Crippen LogP contribution is 2.27. The molecular weight excluding hydrogens is 388 g/mol. The lowest BCUT2D eigenvalue weighted by Crippen LogP contribution is -2.32. The Balaban J connectivity index is 1.46. The van der Waals surface area contributed by atoms with Gasteiger partial charge in [0.2, 0.25) is 0 Å². The minimum Gasteiger partial charge on any atom is -0.496 e. The van der Waals surface area contributed by atoms with E-state index in [1.54, 1.807) is 7.11 Å². The zero-order valence-corrected chi connectivity index (χ0v) is 18.3. The van der Waals surface area contributed by atoms with E-state index in [4.69, 9.17) is 9.47 Å². The van der Waals surface area contributed by atoms with Crippen molar-refractivity contribution in [1.29, 1.82) is 0 Å². The third kappa shape index (κ3) is 5.54. The quantitative estimate of drug-likeness (QED) is 0.479. The molecule has 2 fully saturated rings. The largest absolute Gasteiger partial charge is 0.496 e. The molecule has 2 aromatic rings. The second-order valence-corrected chi connectivity index (χ2v) is 8.25. The number of para-hydroxylation sites is 1. The van der Waals surface area contributed by atoms with Gasteiger partial charge in [-0.3, -0.25) is 4.79 Å². The van der Waals surface area contributed by atoms with Crippen LogP contribution in [0.4, 0.5) is 0 Å².